The number of rotatable bonds is 6. The third-order valence-corrected chi connectivity index (χ3v) is 4.01. The van der Waals surface area contributed by atoms with Crippen molar-refractivity contribution in [1.82, 2.24) is 10.2 Å². The molecular formula is C13H24N2O3. The van der Waals surface area contributed by atoms with Gasteiger partial charge in [-0.3, -0.25) is 0 Å². The molecule has 0 bridgehead atoms. The van der Waals surface area contributed by atoms with Gasteiger partial charge in [-0.1, -0.05) is 6.92 Å². The van der Waals surface area contributed by atoms with Gasteiger partial charge in [0.1, 0.15) is 0 Å². The molecule has 0 saturated carbocycles. The van der Waals surface area contributed by atoms with Crippen LogP contribution in [0.1, 0.15) is 26.2 Å². The molecule has 2 fully saturated rings. The summed E-state index contributed by atoms with van der Waals surface area (Å²) < 4.78 is 5.46. The van der Waals surface area contributed by atoms with E-state index >= 15 is 0 Å². The summed E-state index contributed by atoms with van der Waals surface area (Å²) in [6, 6.07) is 0. The van der Waals surface area contributed by atoms with Gasteiger partial charge in [0.05, 0.1) is 6.10 Å². The molecule has 0 aromatic carbocycles. The van der Waals surface area contributed by atoms with E-state index in [0.29, 0.717) is 6.42 Å². The third kappa shape index (κ3) is 3.67. The number of carbonyl (C=O) groups is 1. The fourth-order valence-corrected chi connectivity index (χ4v) is 2.85. The van der Waals surface area contributed by atoms with Crippen molar-refractivity contribution in [2.24, 2.45) is 5.92 Å². The Bertz CT molecular complexity index is 285. The van der Waals surface area contributed by atoms with Crippen LogP contribution in [0.4, 0.5) is 0 Å². The minimum atomic E-state index is -0.827. The lowest BCUT2D eigenvalue weighted by molar-refractivity contribution is -0.149. The number of hydrogen-bond acceptors (Lipinski definition) is 4. The molecule has 0 spiro atoms. The number of carboxylic acids is 1. The smallest absolute Gasteiger partial charge is 0.332 e. The second-order valence-electron chi connectivity index (χ2n) is 5.37. The molecule has 0 aromatic heterocycles. The minimum absolute atomic E-state index is 0.0785. The van der Waals surface area contributed by atoms with Crippen molar-refractivity contribution in [2.75, 3.05) is 32.7 Å². The predicted molar refractivity (Wildman–Crippen MR) is 68.6 cm³/mol. The molecule has 2 saturated heterocycles. The summed E-state index contributed by atoms with van der Waals surface area (Å²) in [4.78, 5) is 13.2. The summed E-state index contributed by atoms with van der Waals surface area (Å²) in [6.07, 6.45) is 2.27. The average Bonchev–Trinajstić information content (AvgIpc) is 2.97. The van der Waals surface area contributed by atoms with Crippen molar-refractivity contribution in [3.05, 3.63) is 0 Å². The number of nitrogens with one attached hydrogen (secondary N) is 1. The van der Waals surface area contributed by atoms with E-state index < -0.39 is 12.1 Å². The zero-order valence-electron chi connectivity index (χ0n) is 11.1. The van der Waals surface area contributed by atoms with Gasteiger partial charge in [0.25, 0.3) is 0 Å². The number of aliphatic carboxylic acids is 1. The Hall–Kier alpha value is -0.650. The Labute approximate surface area is 108 Å². The second-order valence-corrected chi connectivity index (χ2v) is 5.37. The quantitative estimate of drug-likeness (QED) is 0.727. The van der Waals surface area contributed by atoms with Crippen LogP contribution in [0.25, 0.3) is 0 Å². The molecule has 3 unspecified atom stereocenters. The second kappa shape index (κ2) is 6.50. The SMILES string of the molecule is CCN1CCC(CNCC2CCC(C(=O)O)O2)C1. The normalized spacial score (nSPS) is 33.1. The van der Waals surface area contributed by atoms with Gasteiger partial charge in [-0.2, -0.15) is 0 Å². The monoisotopic (exact) mass is 256 g/mol. The first-order chi connectivity index (χ1) is 8.69. The molecule has 0 aliphatic carbocycles. The largest absolute Gasteiger partial charge is 0.479 e. The molecule has 104 valence electrons. The maximum Gasteiger partial charge on any atom is 0.332 e. The number of ether oxygens (including phenoxy) is 1. The Morgan fingerprint density at radius 3 is 2.83 bits per heavy atom. The van der Waals surface area contributed by atoms with E-state index in [9.17, 15) is 4.79 Å². The number of likely N-dealkylation sites (tertiary alicyclic amines) is 1. The number of carboxylic acid groups (broad SMARTS) is 1. The van der Waals surface area contributed by atoms with Crippen molar-refractivity contribution in [3.8, 4) is 0 Å². The lowest BCUT2D eigenvalue weighted by atomic mass is 10.1. The molecule has 2 aliphatic heterocycles. The molecular weight excluding hydrogens is 232 g/mol. The van der Waals surface area contributed by atoms with Crippen molar-refractivity contribution in [1.29, 1.82) is 0 Å². The fraction of sp³-hybridized carbons (Fsp3) is 0.923. The molecule has 2 rings (SSSR count). The zero-order valence-corrected chi connectivity index (χ0v) is 11.1. The van der Waals surface area contributed by atoms with Crippen LogP contribution in [-0.4, -0.2) is 60.9 Å². The summed E-state index contributed by atoms with van der Waals surface area (Å²) in [5, 5.41) is 12.3. The summed E-state index contributed by atoms with van der Waals surface area (Å²) in [5.74, 6) is -0.0893. The van der Waals surface area contributed by atoms with Crippen LogP contribution in [0.15, 0.2) is 0 Å². The van der Waals surface area contributed by atoms with Crippen molar-refractivity contribution < 1.29 is 14.6 Å². The van der Waals surface area contributed by atoms with Crippen LogP contribution in [0.3, 0.4) is 0 Å². The Morgan fingerprint density at radius 1 is 1.39 bits per heavy atom. The van der Waals surface area contributed by atoms with E-state index in [-0.39, 0.29) is 6.10 Å². The van der Waals surface area contributed by atoms with E-state index in [1.807, 2.05) is 0 Å². The van der Waals surface area contributed by atoms with Crippen LogP contribution in [0.2, 0.25) is 0 Å². The van der Waals surface area contributed by atoms with E-state index in [0.717, 1.165) is 32.0 Å². The van der Waals surface area contributed by atoms with Crippen molar-refractivity contribution in [2.45, 2.75) is 38.4 Å². The fourth-order valence-electron chi connectivity index (χ4n) is 2.85. The van der Waals surface area contributed by atoms with Crippen LogP contribution in [-0.2, 0) is 9.53 Å². The Kier molecular flexibility index (Phi) is 4.97. The van der Waals surface area contributed by atoms with Crippen LogP contribution in [0, 0.1) is 5.92 Å². The van der Waals surface area contributed by atoms with Crippen LogP contribution < -0.4 is 5.32 Å². The molecule has 0 aromatic rings. The Morgan fingerprint density at radius 2 is 2.22 bits per heavy atom. The van der Waals surface area contributed by atoms with Crippen molar-refractivity contribution >= 4 is 5.97 Å². The van der Waals surface area contributed by atoms with Gasteiger partial charge in [-0.25, -0.2) is 4.79 Å². The van der Waals surface area contributed by atoms with Gasteiger partial charge in [0.2, 0.25) is 0 Å². The van der Waals surface area contributed by atoms with Gasteiger partial charge in [-0.15, -0.1) is 0 Å². The summed E-state index contributed by atoms with van der Waals surface area (Å²) in [6.45, 7) is 7.55. The van der Waals surface area contributed by atoms with Gasteiger partial charge in [0, 0.05) is 13.1 Å². The Balaban J connectivity index is 1.58. The summed E-state index contributed by atoms with van der Waals surface area (Å²) in [7, 11) is 0. The third-order valence-electron chi connectivity index (χ3n) is 4.01. The first-order valence-electron chi connectivity index (χ1n) is 7.00. The van der Waals surface area contributed by atoms with E-state index in [2.05, 4.69) is 17.1 Å². The maximum absolute atomic E-state index is 10.7. The molecule has 18 heavy (non-hydrogen) atoms. The number of nitrogens with zero attached hydrogens (tertiary/aromatic N) is 1. The highest BCUT2D eigenvalue weighted by molar-refractivity contribution is 5.72. The van der Waals surface area contributed by atoms with E-state index in [4.69, 9.17) is 9.84 Å². The lowest BCUT2D eigenvalue weighted by Gasteiger charge is -2.16. The van der Waals surface area contributed by atoms with Gasteiger partial charge in [-0.05, 0) is 44.8 Å². The standard InChI is InChI=1S/C13H24N2O3/c1-2-15-6-5-10(9-15)7-14-8-11-3-4-12(18-11)13(16)17/h10-12,14H,2-9H2,1H3,(H,16,17). The summed E-state index contributed by atoms with van der Waals surface area (Å²) >= 11 is 0. The molecule has 2 N–H and O–H groups in total. The molecule has 0 radical (unpaired) electrons. The van der Waals surface area contributed by atoms with Crippen LogP contribution in [0.5, 0.6) is 0 Å². The first-order valence-corrected chi connectivity index (χ1v) is 7.00. The van der Waals surface area contributed by atoms with Gasteiger partial charge < -0.3 is 20.1 Å². The van der Waals surface area contributed by atoms with E-state index in [1.54, 1.807) is 0 Å². The lowest BCUT2D eigenvalue weighted by Crippen LogP contribution is -2.33. The molecule has 0 amide bonds. The van der Waals surface area contributed by atoms with Crippen molar-refractivity contribution in [3.63, 3.8) is 0 Å². The first kappa shape index (κ1) is 13.8. The molecule has 2 aliphatic rings. The highest BCUT2D eigenvalue weighted by atomic mass is 16.5. The topological polar surface area (TPSA) is 61.8 Å². The molecule has 2 heterocycles. The van der Waals surface area contributed by atoms with Gasteiger partial charge >= 0.3 is 5.97 Å². The average molecular weight is 256 g/mol. The van der Waals surface area contributed by atoms with Gasteiger partial charge in [0.15, 0.2) is 6.10 Å². The van der Waals surface area contributed by atoms with E-state index in [1.165, 1.54) is 19.5 Å². The van der Waals surface area contributed by atoms with Crippen LogP contribution >= 0.6 is 0 Å². The molecule has 5 heteroatoms. The number of hydrogen-bond donors (Lipinski definition) is 2. The zero-order chi connectivity index (χ0) is 13.0. The molecule has 5 nitrogen and oxygen atoms in total. The minimum Gasteiger partial charge on any atom is -0.479 e. The predicted octanol–water partition coefficient (Wildman–Crippen LogP) is 0.550. The molecule has 3 atom stereocenters. The maximum atomic E-state index is 10.7. The highest BCUT2D eigenvalue weighted by Crippen LogP contribution is 2.19. The highest BCUT2D eigenvalue weighted by Gasteiger charge is 2.30. The summed E-state index contributed by atoms with van der Waals surface area (Å²) in [5.41, 5.74) is 0.